The Labute approximate surface area is 151 Å². The first-order valence-electron chi connectivity index (χ1n) is 9.36. The lowest BCUT2D eigenvalue weighted by Gasteiger charge is -2.41. The molecule has 1 N–H and O–H groups in total. The lowest BCUT2D eigenvalue weighted by Crippen LogP contribution is -2.48. The second-order valence-electron chi connectivity index (χ2n) is 7.25. The molecular formula is C17H26F3N5O. The van der Waals surface area contributed by atoms with Crippen molar-refractivity contribution in [3.05, 3.63) is 6.33 Å². The standard InChI is InChI=1S/C17H26F3N5O/c1-3-11(4-2)15(26)24-7-5-12(6-8-24)13-9-14(17(18,19)20)25-16(23-13)21-10-22-25/h10-14H,3-9H2,1-2H3,(H,21,22,23)/t13-,14+/m0/s1. The smallest absolute Gasteiger partial charge is 0.351 e. The van der Waals surface area contributed by atoms with E-state index in [-0.39, 0.29) is 36.2 Å². The first-order chi connectivity index (χ1) is 12.3. The Hall–Kier alpha value is -1.80. The van der Waals surface area contributed by atoms with Gasteiger partial charge in [0.15, 0.2) is 6.04 Å². The molecular weight excluding hydrogens is 347 g/mol. The second kappa shape index (κ2) is 7.44. The molecule has 6 nitrogen and oxygen atoms in total. The number of hydrogen-bond donors (Lipinski definition) is 1. The molecule has 2 aliphatic rings. The van der Waals surface area contributed by atoms with Gasteiger partial charge in [0.25, 0.3) is 0 Å². The van der Waals surface area contributed by atoms with Crippen LogP contribution in [0.5, 0.6) is 0 Å². The number of nitrogens with one attached hydrogen (secondary N) is 1. The molecule has 26 heavy (non-hydrogen) atoms. The molecule has 0 saturated carbocycles. The van der Waals surface area contributed by atoms with E-state index >= 15 is 0 Å². The largest absolute Gasteiger partial charge is 0.411 e. The van der Waals surface area contributed by atoms with Crippen LogP contribution in [0.2, 0.25) is 0 Å². The van der Waals surface area contributed by atoms with Crippen LogP contribution in [-0.4, -0.2) is 50.9 Å². The minimum Gasteiger partial charge on any atom is -0.351 e. The van der Waals surface area contributed by atoms with Crippen LogP contribution in [0.4, 0.5) is 19.1 Å². The quantitative estimate of drug-likeness (QED) is 0.880. The van der Waals surface area contributed by atoms with Gasteiger partial charge in [-0.1, -0.05) is 13.8 Å². The van der Waals surface area contributed by atoms with Crippen molar-refractivity contribution in [1.29, 1.82) is 0 Å². The summed E-state index contributed by atoms with van der Waals surface area (Å²) in [5.41, 5.74) is 0. The molecule has 0 aliphatic carbocycles. The Morgan fingerprint density at radius 1 is 1.31 bits per heavy atom. The first-order valence-corrected chi connectivity index (χ1v) is 9.36. The van der Waals surface area contributed by atoms with Crippen molar-refractivity contribution in [2.75, 3.05) is 18.4 Å². The number of piperidine rings is 1. The minimum absolute atomic E-state index is 0.0486. The molecule has 1 amide bonds. The number of amides is 1. The highest BCUT2D eigenvalue weighted by Crippen LogP contribution is 2.41. The van der Waals surface area contributed by atoms with Crippen LogP contribution < -0.4 is 5.32 Å². The van der Waals surface area contributed by atoms with Crippen molar-refractivity contribution < 1.29 is 18.0 Å². The summed E-state index contributed by atoms with van der Waals surface area (Å²) in [6, 6.07) is -1.95. The fourth-order valence-electron chi connectivity index (χ4n) is 4.15. The summed E-state index contributed by atoms with van der Waals surface area (Å²) in [6.07, 6.45) is -0.185. The van der Waals surface area contributed by atoms with E-state index in [4.69, 9.17) is 0 Å². The van der Waals surface area contributed by atoms with Gasteiger partial charge in [-0.05, 0) is 38.0 Å². The molecule has 1 aromatic rings. The Kier molecular flexibility index (Phi) is 5.43. The minimum atomic E-state index is -4.35. The number of halogens is 3. The Bertz CT molecular complexity index is 620. The number of hydrogen-bond acceptors (Lipinski definition) is 4. The molecule has 146 valence electrons. The maximum atomic E-state index is 13.4. The lowest BCUT2D eigenvalue weighted by molar-refractivity contribution is -0.174. The molecule has 9 heteroatoms. The van der Waals surface area contributed by atoms with Gasteiger partial charge in [0.1, 0.15) is 6.33 Å². The number of carbonyl (C=O) groups excluding carboxylic acids is 1. The van der Waals surface area contributed by atoms with E-state index in [9.17, 15) is 18.0 Å². The van der Waals surface area contributed by atoms with Gasteiger partial charge in [0.2, 0.25) is 11.9 Å². The third-order valence-corrected chi connectivity index (χ3v) is 5.79. The average molecular weight is 373 g/mol. The summed E-state index contributed by atoms with van der Waals surface area (Å²) in [4.78, 5) is 18.3. The molecule has 0 aromatic carbocycles. The van der Waals surface area contributed by atoms with Crippen LogP contribution in [-0.2, 0) is 4.79 Å². The number of anilines is 1. The van der Waals surface area contributed by atoms with Crippen molar-refractivity contribution in [3.8, 4) is 0 Å². The summed E-state index contributed by atoms with van der Waals surface area (Å²) in [6.45, 7) is 5.25. The number of likely N-dealkylation sites (tertiary alicyclic amines) is 1. The van der Waals surface area contributed by atoms with E-state index in [2.05, 4.69) is 15.4 Å². The number of nitrogens with zero attached hydrogens (tertiary/aromatic N) is 4. The summed E-state index contributed by atoms with van der Waals surface area (Å²) in [7, 11) is 0. The molecule has 0 radical (unpaired) electrons. The van der Waals surface area contributed by atoms with E-state index in [0.717, 1.165) is 23.9 Å². The van der Waals surface area contributed by atoms with Gasteiger partial charge in [-0.15, -0.1) is 0 Å². The van der Waals surface area contributed by atoms with Crippen molar-refractivity contribution in [1.82, 2.24) is 19.7 Å². The normalized spacial score (nSPS) is 24.5. The molecule has 2 atom stereocenters. The zero-order valence-corrected chi connectivity index (χ0v) is 15.2. The van der Waals surface area contributed by atoms with Gasteiger partial charge >= 0.3 is 6.18 Å². The average Bonchev–Trinajstić information content (AvgIpc) is 3.09. The second-order valence-corrected chi connectivity index (χ2v) is 7.25. The third-order valence-electron chi connectivity index (χ3n) is 5.79. The zero-order valence-electron chi connectivity index (χ0n) is 15.2. The topological polar surface area (TPSA) is 63.1 Å². The first kappa shape index (κ1) is 19.0. The summed E-state index contributed by atoms with van der Waals surface area (Å²) in [5, 5.41) is 6.85. The van der Waals surface area contributed by atoms with Gasteiger partial charge < -0.3 is 10.2 Å². The van der Waals surface area contributed by atoms with Crippen LogP contribution in [0.1, 0.15) is 52.0 Å². The fourth-order valence-corrected chi connectivity index (χ4v) is 4.15. The Morgan fingerprint density at radius 3 is 2.54 bits per heavy atom. The van der Waals surface area contributed by atoms with Crippen LogP contribution >= 0.6 is 0 Å². The molecule has 0 unspecified atom stereocenters. The van der Waals surface area contributed by atoms with Crippen LogP contribution in [0.15, 0.2) is 6.33 Å². The highest BCUT2D eigenvalue weighted by atomic mass is 19.4. The van der Waals surface area contributed by atoms with E-state index < -0.39 is 12.2 Å². The Balaban J connectivity index is 1.64. The van der Waals surface area contributed by atoms with Crippen molar-refractivity contribution >= 4 is 11.9 Å². The SMILES string of the molecule is CCC(CC)C(=O)N1CCC([C@@H]2C[C@H](C(F)(F)F)n3ncnc3N2)CC1. The van der Waals surface area contributed by atoms with Crippen LogP contribution in [0.3, 0.4) is 0 Å². The predicted molar refractivity (Wildman–Crippen MR) is 90.5 cm³/mol. The van der Waals surface area contributed by atoms with E-state index in [1.54, 1.807) is 0 Å². The molecule has 0 spiro atoms. The number of rotatable bonds is 4. The highest BCUT2D eigenvalue weighted by Gasteiger charge is 2.48. The van der Waals surface area contributed by atoms with Gasteiger partial charge in [0.05, 0.1) is 0 Å². The summed E-state index contributed by atoms with van der Waals surface area (Å²) < 4.78 is 41.1. The fraction of sp³-hybridized carbons (Fsp3) is 0.824. The highest BCUT2D eigenvalue weighted by molar-refractivity contribution is 5.78. The maximum Gasteiger partial charge on any atom is 0.411 e. The molecule has 3 rings (SSSR count). The molecule has 3 heterocycles. The molecule has 1 saturated heterocycles. The molecule has 0 bridgehead atoms. The number of alkyl halides is 3. The van der Waals surface area contributed by atoms with Gasteiger partial charge in [-0.25, -0.2) is 4.68 Å². The Morgan fingerprint density at radius 2 is 1.96 bits per heavy atom. The summed E-state index contributed by atoms with van der Waals surface area (Å²) in [5.74, 6) is 0.501. The van der Waals surface area contributed by atoms with E-state index in [1.165, 1.54) is 0 Å². The van der Waals surface area contributed by atoms with Crippen LogP contribution in [0, 0.1) is 11.8 Å². The van der Waals surface area contributed by atoms with Gasteiger partial charge in [-0.3, -0.25) is 4.79 Å². The zero-order chi connectivity index (χ0) is 18.9. The summed E-state index contributed by atoms with van der Waals surface area (Å²) >= 11 is 0. The van der Waals surface area contributed by atoms with E-state index in [1.807, 2.05) is 18.7 Å². The number of aromatic nitrogens is 3. The van der Waals surface area contributed by atoms with Gasteiger partial charge in [0, 0.05) is 25.0 Å². The van der Waals surface area contributed by atoms with Crippen molar-refractivity contribution in [2.45, 2.75) is 64.2 Å². The van der Waals surface area contributed by atoms with Crippen LogP contribution in [0.25, 0.3) is 0 Å². The number of carbonyl (C=O) groups is 1. The van der Waals surface area contributed by atoms with E-state index in [0.29, 0.717) is 25.9 Å². The number of fused-ring (bicyclic) bond motifs is 1. The molecule has 1 fully saturated rings. The lowest BCUT2D eigenvalue weighted by atomic mass is 9.84. The van der Waals surface area contributed by atoms with Gasteiger partial charge in [-0.2, -0.15) is 23.3 Å². The molecule has 1 aromatic heterocycles. The third kappa shape index (κ3) is 3.66. The van der Waals surface area contributed by atoms with Crippen molar-refractivity contribution in [3.63, 3.8) is 0 Å². The van der Waals surface area contributed by atoms with Crippen molar-refractivity contribution in [2.24, 2.45) is 11.8 Å². The maximum absolute atomic E-state index is 13.4. The predicted octanol–water partition coefficient (Wildman–Crippen LogP) is 3.24. The monoisotopic (exact) mass is 373 g/mol. The molecule has 2 aliphatic heterocycles.